The van der Waals surface area contributed by atoms with E-state index in [-0.39, 0.29) is 11.4 Å². The molecule has 0 saturated carbocycles. The lowest BCUT2D eigenvalue weighted by Crippen LogP contribution is -1.96. The highest BCUT2D eigenvalue weighted by Gasteiger charge is 2.07. The summed E-state index contributed by atoms with van der Waals surface area (Å²) in [5.41, 5.74) is 9.46. The Morgan fingerprint density at radius 2 is 0.947 bits per heavy atom. The van der Waals surface area contributed by atoms with E-state index in [4.69, 9.17) is 9.97 Å². The van der Waals surface area contributed by atoms with E-state index in [2.05, 4.69) is 21.1 Å². The fourth-order valence-corrected chi connectivity index (χ4v) is 3.60. The zero-order valence-corrected chi connectivity index (χ0v) is 19.6. The van der Waals surface area contributed by atoms with Crippen molar-refractivity contribution >= 4 is 57.0 Å². The van der Waals surface area contributed by atoms with E-state index in [1.54, 1.807) is 36.7 Å². The Morgan fingerprint density at radius 3 is 1.32 bits per heavy atom. The summed E-state index contributed by atoms with van der Waals surface area (Å²) in [4.78, 5) is 30.1. The molecule has 2 N–H and O–H groups in total. The standard InChI is InChI=1S/C26H18N8O4/c35-33(36)23-11-7-19(8-12-23)31-27-15-21-5-3-17-1-2-18-4-6-22(30-26(18)25(17)29-21)16-28-32-20-9-13-24(14-10-20)34(37)38/h1-16,31-32H. The molecular formula is C26H18N8O4. The third kappa shape index (κ3) is 5.39. The fourth-order valence-electron chi connectivity index (χ4n) is 3.60. The van der Waals surface area contributed by atoms with Gasteiger partial charge >= 0.3 is 0 Å². The van der Waals surface area contributed by atoms with Gasteiger partial charge in [-0.2, -0.15) is 10.2 Å². The van der Waals surface area contributed by atoms with Crippen LogP contribution in [-0.4, -0.2) is 32.2 Å². The maximum absolute atomic E-state index is 10.8. The summed E-state index contributed by atoms with van der Waals surface area (Å²) in [7, 11) is 0. The molecule has 3 aromatic carbocycles. The minimum absolute atomic E-state index is 0.00152. The molecule has 0 bridgehead atoms. The zero-order chi connectivity index (χ0) is 26.5. The minimum Gasteiger partial charge on any atom is -0.278 e. The van der Waals surface area contributed by atoms with E-state index in [1.807, 2.05) is 36.4 Å². The molecule has 0 aliphatic heterocycles. The average molecular weight is 506 g/mol. The molecule has 0 aliphatic rings. The van der Waals surface area contributed by atoms with Gasteiger partial charge in [0, 0.05) is 35.0 Å². The Hall–Kier alpha value is -5.78. The quantitative estimate of drug-likeness (QED) is 0.121. The largest absolute Gasteiger partial charge is 0.278 e. The van der Waals surface area contributed by atoms with E-state index in [1.165, 1.54) is 24.3 Å². The van der Waals surface area contributed by atoms with Crippen LogP contribution < -0.4 is 10.9 Å². The van der Waals surface area contributed by atoms with E-state index in [0.717, 1.165) is 10.8 Å². The number of non-ortho nitro benzene ring substituents is 2. The van der Waals surface area contributed by atoms with Gasteiger partial charge in [0.1, 0.15) is 0 Å². The van der Waals surface area contributed by atoms with Gasteiger partial charge < -0.3 is 0 Å². The van der Waals surface area contributed by atoms with Crippen molar-refractivity contribution in [3.05, 3.63) is 117 Å². The Bertz CT molecular complexity index is 1590. The summed E-state index contributed by atoms with van der Waals surface area (Å²) in [6.07, 6.45) is 3.11. The maximum atomic E-state index is 10.8. The topological polar surface area (TPSA) is 161 Å². The molecule has 2 aromatic heterocycles. The van der Waals surface area contributed by atoms with Crippen molar-refractivity contribution < 1.29 is 9.85 Å². The van der Waals surface area contributed by atoms with E-state index < -0.39 is 9.85 Å². The van der Waals surface area contributed by atoms with E-state index >= 15 is 0 Å². The number of hydrazone groups is 2. The SMILES string of the molecule is O=[N+]([O-])c1ccc(NN=Cc2ccc3ccc4ccc(C=NNc5ccc([N+](=O)[O-])cc5)nc4c3n2)cc1. The summed E-state index contributed by atoms with van der Waals surface area (Å²) in [5, 5.41) is 31.7. The van der Waals surface area contributed by atoms with Crippen molar-refractivity contribution in [2.24, 2.45) is 10.2 Å². The van der Waals surface area contributed by atoms with Crippen LogP contribution in [0.4, 0.5) is 22.7 Å². The van der Waals surface area contributed by atoms with Crippen molar-refractivity contribution in [1.29, 1.82) is 0 Å². The highest BCUT2D eigenvalue weighted by molar-refractivity contribution is 6.04. The number of rotatable bonds is 8. The summed E-state index contributed by atoms with van der Waals surface area (Å²) in [5.74, 6) is 0. The summed E-state index contributed by atoms with van der Waals surface area (Å²) in [6.45, 7) is 0. The predicted octanol–water partition coefficient (Wildman–Crippen LogP) is 5.49. The van der Waals surface area contributed by atoms with Crippen LogP contribution in [0.15, 0.2) is 95.1 Å². The van der Waals surface area contributed by atoms with Crippen molar-refractivity contribution in [2.75, 3.05) is 10.9 Å². The number of nitrogens with one attached hydrogen (secondary N) is 2. The Balaban J connectivity index is 1.35. The zero-order valence-electron chi connectivity index (χ0n) is 19.6. The molecule has 186 valence electrons. The predicted molar refractivity (Wildman–Crippen MR) is 146 cm³/mol. The molecule has 38 heavy (non-hydrogen) atoms. The first-order valence-electron chi connectivity index (χ1n) is 11.2. The highest BCUT2D eigenvalue weighted by Crippen LogP contribution is 2.23. The minimum atomic E-state index is -0.461. The van der Waals surface area contributed by atoms with Crippen molar-refractivity contribution in [3.8, 4) is 0 Å². The molecule has 0 aliphatic carbocycles. The summed E-state index contributed by atoms with van der Waals surface area (Å²) in [6, 6.07) is 23.3. The molecule has 0 saturated heterocycles. The lowest BCUT2D eigenvalue weighted by atomic mass is 10.1. The molecule has 0 amide bonds. The van der Waals surface area contributed by atoms with Crippen LogP contribution >= 0.6 is 0 Å². The Kier molecular flexibility index (Phi) is 6.59. The van der Waals surface area contributed by atoms with Gasteiger partial charge in [0.25, 0.3) is 11.4 Å². The van der Waals surface area contributed by atoms with Crippen LogP contribution in [0.2, 0.25) is 0 Å². The second-order valence-electron chi connectivity index (χ2n) is 8.03. The Labute approximate surface area is 214 Å². The first-order valence-corrected chi connectivity index (χ1v) is 11.2. The van der Waals surface area contributed by atoms with Gasteiger partial charge in [0.15, 0.2) is 0 Å². The van der Waals surface area contributed by atoms with E-state index in [0.29, 0.717) is 33.8 Å². The van der Waals surface area contributed by atoms with Crippen molar-refractivity contribution in [2.45, 2.75) is 0 Å². The number of aromatic nitrogens is 2. The average Bonchev–Trinajstić information content (AvgIpc) is 2.93. The van der Waals surface area contributed by atoms with Gasteiger partial charge in [-0.05, 0) is 36.4 Å². The normalized spacial score (nSPS) is 11.4. The number of hydrogen-bond acceptors (Lipinski definition) is 10. The Morgan fingerprint density at radius 1 is 0.579 bits per heavy atom. The van der Waals surface area contributed by atoms with Gasteiger partial charge in [-0.3, -0.25) is 31.1 Å². The third-order valence-electron chi connectivity index (χ3n) is 5.50. The van der Waals surface area contributed by atoms with Crippen molar-refractivity contribution in [1.82, 2.24) is 9.97 Å². The van der Waals surface area contributed by atoms with Crippen LogP contribution in [0.5, 0.6) is 0 Å². The number of fused-ring (bicyclic) bond motifs is 3. The maximum Gasteiger partial charge on any atom is 0.269 e. The number of nitrogens with zero attached hydrogens (tertiary/aromatic N) is 6. The van der Waals surface area contributed by atoms with Gasteiger partial charge in [-0.25, -0.2) is 9.97 Å². The van der Waals surface area contributed by atoms with Gasteiger partial charge in [-0.1, -0.05) is 24.3 Å². The molecule has 5 rings (SSSR count). The molecule has 12 nitrogen and oxygen atoms in total. The number of nitro groups is 2. The lowest BCUT2D eigenvalue weighted by molar-refractivity contribution is -0.385. The number of anilines is 2. The van der Waals surface area contributed by atoms with Crippen LogP contribution in [0.1, 0.15) is 11.4 Å². The summed E-state index contributed by atoms with van der Waals surface area (Å²) < 4.78 is 0. The first kappa shape index (κ1) is 23.9. The van der Waals surface area contributed by atoms with Gasteiger partial charge in [0.05, 0.1) is 56.1 Å². The fraction of sp³-hybridized carbons (Fsp3) is 0. The number of hydrogen-bond donors (Lipinski definition) is 2. The number of benzene rings is 3. The first-order chi connectivity index (χ1) is 18.5. The molecule has 0 atom stereocenters. The second kappa shape index (κ2) is 10.5. The molecule has 0 spiro atoms. The molecule has 0 fully saturated rings. The molecule has 0 unspecified atom stereocenters. The van der Waals surface area contributed by atoms with Gasteiger partial charge in [0.2, 0.25) is 0 Å². The van der Waals surface area contributed by atoms with Crippen molar-refractivity contribution in [3.63, 3.8) is 0 Å². The second-order valence-corrected chi connectivity index (χ2v) is 8.03. The highest BCUT2D eigenvalue weighted by atomic mass is 16.6. The smallest absolute Gasteiger partial charge is 0.269 e. The monoisotopic (exact) mass is 506 g/mol. The summed E-state index contributed by atoms with van der Waals surface area (Å²) >= 11 is 0. The molecular weight excluding hydrogens is 488 g/mol. The number of pyridine rings is 2. The molecule has 0 radical (unpaired) electrons. The lowest BCUT2D eigenvalue weighted by Gasteiger charge is -2.05. The van der Waals surface area contributed by atoms with Crippen LogP contribution in [-0.2, 0) is 0 Å². The third-order valence-corrected chi connectivity index (χ3v) is 5.50. The van der Waals surface area contributed by atoms with E-state index in [9.17, 15) is 20.2 Å². The number of nitro benzene ring substituents is 2. The molecule has 2 heterocycles. The molecule has 5 aromatic rings. The van der Waals surface area contributed by atoms with Crippen LogP contribution in [0.25, 0.3) is 21.8 Å². The van der Waals surface area contributed by atoms with Crippen LogP contribution in [0.3, 0.4) is 0 Å². The van der Waals surface area contributed by atoms with Gasteiger partial charge in [-0.15, -0.1) is 0 Å². The van der Waals surface area contributed by atoms with Crippen LogP contribution in [0, 0.1) is 20.2 Å². The molecule has 12 heteroatoms.